The van der Waals surface area contributed by atoms with Gasteiger partial charge >= 0.3 is 0 Å². The fourth-order valence-corrected chi connectivity index (χ4v) is 3.18. The predicted molar refractivity (Wildman–Crippen MR) is 101 cm³/mol. The van der Waals surface area contributed by atoms with Crippen LogP contribution in [0, 0.1) is 5.92 Å². The van der Waals surface area contributed by atoms with Gasteiger partial charge in [0.2, 0.25) is 5.95 Å². The molecular weight excluding hydrogens is 350 g/mol. The molecule has 0 amide bonds. The van der Waals surface area contributed by atoms with Gasteiger partial charge in [-0.3, -0.25) is 0 Å². The standard InChI is InChI=1S/C18H21N5O2S/c1-13(2)11-23-12-19-10-17(23)16-8-9-20-18(22-16)21-14-4-6-15(7-5-14)26(3,24)25/h4-10,12-13H,11H2,1-3H3,(H,20,21,22). The van der Waals surface area contributed by atoms with Crippen LogP contribution < -0.4 is 5.32 Å². The van der Waals surface area contributed by atoms with Gasteiger partial charge in [0.05, 0.1) is 28.8 Å². The first-order valence-electron chi connectivity index (χ1n) is 8.23. The summed E-state index contributed by atoms with van der Waals surface area (Å²) in [5.74, 6) is 0.933. The Labute approximate surface area is 153 Å². The molecule has 0 spiro atoms. The molecule has 7 nitrogen and oxygen atoms in total. The molecule has 0 saturated heterocycles. The summed E-state index contributed by atoms with van der Waals surface area (Å²) < 4.78 is 25.1. The molecule has 0 saturated carbocycles. The van der Waals surface area contributed by atoms with Crippen LogP contribution in [0.15, 0.2) is 53.9 Å². The molecule has 0 atom stereocenters. The number of benzene rings is 1. The summed E-state index contributed by atoms with van der Waals surface area (Å²) in [5, 5.41) is 3.10. The van der Waals surface area contributed by atoms with Gasteiger partial charge in [0.15, 0.2) is 9.84 Å². The highest BCUT2D eigenvalue weighted by Gasteiger charge is 2.10. The number of imidazole rings is 1. The molecule has 2 aromatic heterocycles. The van der Waals surface area contributed by atoms with Crippen molar-refractivity contribution in [2.24, 2.45) is 5.92 Å². The summed E-state index contributed by atoms with van der Waals surface area (Å²) in [6.07, 6.45) is 6.45. The Morgan fingerprint density at radius 2 is 1.88 bits per heavy atom. The molecule has 0 aliphatic carbocycles. The molecule has 0 bridgehead atoms. The van der Waals surface area contributed by atoms with E-state index in [0.717, 1.165) is 17.9 Å². The van der Waals surface area contributed by atoms with Gasteiger partial charge in [-0.15, -0.1) is 0 Å². The van der Waals surface area contributed by atoms with Crippen molar-refractivity contribution in [3.63, 3.8) is 0 Å². The SMILES string of the molecule is CC(C)Cn1cncc1-c1ccnc(Nc2ccc(S(C)(=O)=O)cc2)n1. The van der Waals surface area contributed by atoms with Crippen LogP contribution in [0.1, 0.15) is 13.8 Å². The zero-order chi connectivity index (χ0) is 18.7. The summed E-state index contributed by atoms with van der Waals surface area (Å²) in [4.78, 5) is 13.3. The minimum absolute atomic E-state index is 0.273. The second-order valence-electron chi connectivity index (χ2n) is 6.51. The summed E-state index contributed by atoms with van der Waals surface area (Å²) in [5.41, 5.74) is 2.41. The zero-order valence-corrected chi connectivity index (χ0v) is 15.7. The van der Waals surface area contributed by atoms with Gasteiger partial charge in [-0.25, -0.2) is 23.4 Å². The molecule has 0 aliphatic heterocycles. The largest absolute Gasteiger partial charge is 0.329 e. The van der Waals surface area contributed by atoms with Gasteiger partial charge < -0.3 is 9.88 Å². The lowest BCUT2D eigenvalue weighted by Crippen LogP contribution is -2.06. The normalized spacial score (nSPS) is 11.7. The van der Waals surface area contributed by atoms with Crippen molar-refractivity contribution in [2.75, 3.05) is 11.6 Å². The van der Waals surface area contributed by atoms with Crippen LogP contribution in [0.4, 0.5) is 11.6 Å². The van der Waals surface area contributed by atoms with E-state index in [9.17, 15) is 8.42 Å². The Morgan fingerprint density at radius 1 is 1.15 bits per heavy atom. The van der Waals surface area contributed by atoms with E-state index >= 15 is 0 Å². The van der Waals surface area contributed by atoms with Crippen LogP contribution in [0.25, 0.3) is 11.4 Å². The summed E-state index contributed by atoms with van der Waals surface area (Å²) in [6, 6.07) is 8.33. The van der Waals surface area contributed by atoms with E-state index in [1.165, 1.54) is 6.26 Å². The van der Waals surface area contributed by atoms with E-state index in [0.29, 0.717) is 17.6 Å². The van der Waals surface area contributed by atoms with E-state index < -0.39 is 9.84 Å². The Hall–Kier alpha value is -2.74. The predicted octanol–water partition coefficient (Wildman–Crippen LogP) is 3.14. The maximum absolute atomic E-state index is 11.5. The fourth-order valence-electron chi connectivity index (χ4n) is 2.55. The average molecular weight is 371 g/mol. The molecule has 3 rings (SSSR count). The number of hydrogen-bond acceptors (Lipinski definition) is 6. The highest BCUT2D eigenvalue weighted by atomic mass is 32.2. The Morgan fingerprint density at radius 3 is 2.54 bits per heavy atom. The molecule has 136 valence electrons. The monoisotopic (exact) mass is 371 g/mol. The number of anilines is 2. The van der Waals surface area contributed by atoms with Crippen molar-refractivity contribution < 1.29 is 8.42 Å². The fraction of sp³-hybridized carbons (Fsp3) is 0.278. The number of sulfone groups is 1. The molecule has 26 heavy (non-hydrogen) atoms. The van der Waals surface area contributed by atoms with Gasteiger partial charge in [0, 0.05) is 24.7 Å². The number of nitrogens with zero attached hydrogens (tertiary/aromatic N) is 4. The van der Waals surface area contributed by atoms with E-state index in [-0.39, 0.29) is 4.90 Å². The average Bonchev–Trinajstić information content (AvgIpc) is 3.02. The third-order valence-corrected chi connectivity index (χ3v) is 4.86. The molecule has 1 aromatic carbocycles. The molecule has 0 unspecified atom stereocenters. The highest BCUT2D eigenvalue weighted by molar-refractivity contribution is 7.90. The zero-order valence-electron chi connectivity index (χ0n) is 14.9. The summed E-state index contributed by atoms with van der Waals surface area (Å²) in [7, 11) is -3.21. The Balaban J connectivity index is 1.83. The Bertz CT molecular complexity index is 994. The minimum atomic E-state index is -3.21. The first kappa shape index (κ1) is 18.1. The second kappa shape index (κ2) is 7.25. The molecule has 2 heterocycles. The molecule has 0 fully saturated rings. The van der Waals surface area contributed by atoms with Crippen LogP contribution in [0.2, 0.25) is 0 Å². The summed E-state index contributed by atoms with van der Waals surface area (Å²) in [6.45, 7) is 5.16. The summed E-state index contributed by atoms with van der Waals surface area (Å²) >= 11 is 0. The van der Waals surface area contributed by atoms with Crippen molar-refractivity contribution in [1.29, 1.82) is 0 Å². The molecule has 0 radical (unpaired) electrons. The third-order valence-electron chi connectivity index (χ3n) is 3.73. The lowest BCUT2D eigenvalue weighted by atomic mass is 10.2. The third kappa shape index (κ3) is 4.26. The maximum Gasteiger partial charge on any atom is 0.227 e. The smallest absolute Gasteiger partial charge is 0.227 e. The van der Waals surface area contributed by atoms with Crippen molar-refractivity contribution >= 4 is 21.5 Å². The second-order valence-corrected chi connectivity index (χ2v) is 8.53. The Kier molecular flexibility index (Phi) is 5.03. The van der Waals surface area contributed by atoms with E-state index in [1.807, 2.05) is 6.07 Å². The van der Waals surface area contributed by atoms with Gasteiger partial charge in [-0.1, -0.05) is 13.8 Å². The van der Waals surface area contributed by atoms with Crippen molar-refractivity contribution in [3.8, 4) is 11.4 Å². The van der Waals surface area contributed by atoms with Gasteiger partial charge in [0.25, 0.3) is 0 Å². The van der Waals surface area contributed by atoms with E-state index in [4.69, 9.17) is 0 Å². The van der Waals surface area contributed by atoms with Crippen molar-refractivity contribution in [2.45, 2.75) is 25.3 Å². The number of hydrogen-bond donors (Lipinski definition) is 1. The first-order valence-corrected chi connectivity index (χ1v) is 10.1. The molecule has 3 aromatic rings. The van der Waals surface area contributed by atoms with Crippen molar-refractivity contribution in [1.82, 2.24) is 19.5 Å². The topological polar surface area (TPSA) is 89.8 Å². The van der Waals surface area contributed by atoms with Gasteiger partial charge in [0.1, 0.15) is 0 Å². The van der Waals surface area contributed by atoms with Crippen LogP contribution in [0.3, 0.4) is 0 Å². The molecule has 1 N–H and O–H groups in total. The highest BCUT2D eigenvalue weighted by Crippen LogP contribution is 2.21. The number of aromatic nitrogens is 4. The van der Waals surface area contributed by atoms with Crippen molar-refractivity contribution in [3.05, 3.63) is 49.1 Å². The molecular formula is C18H21N5O2S. The maximum atomic E-state index is 11.5. The molecule has 0 aliphatic rings. The lowest BCUT2D eigenvalue weighted by Gasteiger charge is -2.11. The van der Waals surface area contributed by atoms with Gasteiger partial charge in [-0.2, -0.15) is 0 Å². The van der Waals surface area contributed by atoms with Crippen LogP contribution in [-0.4, -0.2) is 34.2 Å². The quantitative estimate of drug-likeness (QED) is 0.716. The van der Waals surface area contributed by atoms with E-state index in [2.05, 4.69) is 38.7 Å². The van der Waals surface area contributed by atoms with Crippen LogP contribution in [-0.2, 0) is 16.4 Å². The minimum Gasteiger partial charge on any atom is -0.329 e. The first-order chi connectivity index (χ1) is 12.3. The molecule has 8 heteroatoms. The lowest BCUT2D eigenvalue weighted by molar-refractivity contribution is 0.526. The van der Waals surface area contributed by atoms with Crippen LogP contribution in [0.5, 0.6) is 0 Å². The van der Waals surface area contributed by atoms with Gasteiger partial charge in [-0.05, 0) is 36.2 Å². The van der Waals surface area contributed by atoms with Crippen LogP contribution >= 0.6 is 0 Å². The number of rotatable bonds is 6. The van der Waals surface area contributed by atoms with E-state index in [1.54, 1.807) is 43.0 Å². The number of nitrogens with one attached hydrogen (secondary N) is 1.